The Balaban J connectivity index is 1.35. The van der Waals surface area contributed by atoms with Gasteiger partial charge in [-0.1, -0.05) is 38.1 Å². The molecule has 2 N–H and O–H groups in total. The van der Waals surface area contributed by atoms with E-state index in [1.54, 1.807) is 0 Å². The van der Waals surface area contributed by atoms with E-state index in [2.05, 4.69) is 29.1 Å². The number of carbonyl (C=O) groups is 1. The Labute approximate surface area is 169 Å². The molecule has 1 heterocycles. The SMILES string of the molecule is CC(C)c1ccc(OCC(=O)Nc2ccc(-c3nc4ccccc4[nH]3)cc2)cc1. The third-order valence-corrected chi connectivity index (χ3v) is 4.75. The van der Waals surface area contributed by atoms with Crippen molar-refractivity contribution in [1.29, 1.82) is 0 Å². The minimum atomic E-state index is -0.200. The van der Waals surface area contributed by atoms with E-state index < -0.39 is 0 Å². The van der Waals surface area contributed by atoms with Crippen molar-refractivity contribution in [3.05, 3.63) is 78.4 Å². The van der Waals surface area contributed by atoms with Crippen molar-refractivity contribution < 1.29 is 9.53 Å². The Hall–Kier alpha value is -3.60. The molecule has 4 rings (SSSR count). The number of aromatic amines is 1. The van der Waals surface area contributed by atoms with Gasteiger partial charge in [0.2, 0.25) is 0 Å². The second kappa shape index (κ2) is 8.19. The molecule has 0 aliphatic carbocycles. The van der Waals surface area contributed by atoms with Crippen LogP contribution in [0, 0.1) is 0 Å². The third kappa shape index (κ3) is 4.46. The highest BCUT2D eigenvalue weighted by molar-refractivity contribution is 5.92. The Morgan fingerprint density at radius 1 is 1.00 bits per heavy atom. The fourth-order valence-electron chi connectivity index (χ4n) is 3.10. The maximum absolute atomic E-state index is 12.2. The molecule has 3 aromatic carbocycles. The van der Waals surface area contributed by atoms with Gasteiger partial charge in [0.05, 0.1) is 11.0 Å². The summed E-state index contributed by atoms with van der Waals surface area (Å²) in [6.07, 6.45) is 0. The van der Waals surface area contributed by atoms with Gasteiger partial charge in [0.15, 0.2) is 6.61 Å². The fourth-order valence-corrected chi connectivity index (χ4v) is 3.10. The standard InChI is InChI=1S/C24H23N3O2/c1-16(2)17-9-13-20(14-10-17)29-15-23(28)25-19-11-7-18(8-12-19)24-26-21-5-3-4-6-22(21)27-24/h3-14,16H,15H2,1-2H3,(H,25,28)(H,26,27). The highest BCUT2D eigenvalue weighted by Gasteiger charge is 2.07. The number of aromatic nitrogens is 2. The van der Waals surface area contributed by atoms with Gasteiger partial charge in [-0.25, -0.2) is 4.98 Å². The van der Waals surface area contributed by atoms with Crippen molar-refractivity contribution in [1.82, 2.24) is 9.97 Å². The van der Waals surface area contributed by atoms with Crippen LogP contribution >= 0.6 is 0 Å². The second-order valence-corrected chi connectivity index (χ2v) is 7.24. The van der Waals surface area contributed by atoms with E-state index in [1.807, 2.05) is 72.8 Å². The molecular weight excluding hydrogens is 362 g/mol. The van der Waals surface area contributed by atoms with Crippen molar-refractivity contribution >= 4 is 22.6 Å². The molecule has 0 saturated carbocycles. The van der Waals surface area contributed by atoms with Gasteiger partial charge in [0.25, 0.3) is 5.91 Å². The Morgan fingerprint density at radius 2 is 1.72 bits per heavy atom. The quantitative estimate of drug-likeness (QED) is 0.469. The highest BCUT2D eigenvalue weighted by Crippen LogP contribution is 2.22. The zero-order valence-electron chi connectivity index (χ0n) is 16.5. The number of rotatable bonds is 6. The number of benzene rings is 3. The monoisotopic (exact) mass is 385 g/mol. The van der Waals surface area contributed by atoms with Gasteiger partial charge in [-0.15, -0.1) is 0 Å². The number of nitrogens with one attached hydrogen (secondary N) is 2. The minimum absolute atomic E-state index is 0.0354. The molecule has 0 atom stereocenters. The predicted molar refractivity (Wildman–Crippen MR) is 116 cm³/mol. The molecule has 5 heteroatoms. The Morgan fingerprint density at radius 3 is 2.41 bits per heavy atom. The van der Waals surface area contributed by atoms with Crippen LogP contribution in [0.4, 0.5) is 5.69 Å². The van der Waals surface area contributed by atoms with Crippen molar-refractivity contribution in [3.63, 3.8) is 0 Å². The van der Waals surface area contributed by atoms with Crippen molar-refractivity contribution in [2.75, 3.05) is 11.9 Å². The summed E-state index contributed by atoms with van der Waals surface area (Å²) in [6, 6.07) is 23.3. The molecule has 4 aromatic rings. The lowest BCUT2D eigenvalue weighted by Gasteiger charge is -2.09. The van der Waals surface area contributed by atoms with Gasteiger partial charge in [0.1, 0.15) is 11.6 Å². The van der Waals surface area contributed by atoms with Gasteiger partial charge in [0, 0.05) is 11.3 Å². The van der Waals surface area contributed by atoms with E-state index in [4.69, 9.17) is 4.74 Å². The van der Waals surface area contributed by atoms with Crippen LogP contribution in [0.3, 0.4) is 0 Å². The van der Waals surface area contributed by atoms with E-state index >= 15 is 0 Å². The average Bonchev–Trinajstić information content (AvgIpc) is 3.17. The molecule has 0 aliphatic heterocycles. The second-order valence-electron chi connectivity index (χ2n) is 7.24. The molecule has 5 nitrogen and oxygen atoms in total. The largest absolute Gasteiger partial charge is 0.484 e. The molecule has 29 heavy (non-hydrogen) atoms. The van der Waals surface area contributed by atoms with Gasteiger partial charge in [-0.05, 0) is 60.0 Å². The molecule has 0 spiro atoms. The molecular formula is C24H23N3O2. The maximum Gasteiger partial charge on any atom is 0.262 e. The molecule has 0 unspecified atom stereocenters. The molecule has 0 radical (unpaired) electrons. The van der Waals surface area contributed by atoms with Gasteiger partial charge in [-0.2, -0.15) is 0 Å². The summed E-state index contributed by atoms with van der Waals surface area (Å²) in [5.74, 6) is 1.76. The predicted octanol–water partition coefficient (Wildman–Crippen LogP) is 5.37. The molecule has 1 aromatic heterocycles. The summed E-state index contributed by atoms with van der Waals surface area (Å²) in [5.41, 5.74) is 4.84. The first-order valence-corrected chi connectivity index (χ1v) is 9.66. The van der Waals surface area contributed by atoms with E-state index in [9.17, 15) is 4.79 Å². The highest BCUT2D eigenvalue weighted by atomic mass is 16.5. The van der Waals surface area contributed by atoms with Gasteiger partial charge < -0.3 is 15.0 Å². The lowest BCUT2D eigenvalue weighted by Crippen LogP contribution is -2.20. The maximum atomic E-state index is 12.2. The van der Waals surface area contributed by atoms with Crippen LogP contribution < -0.4 is 10.1 Å². The van der Waals surface area contributed by atoms with Crippen LogP contribution in [0.2, 0.25) is 0 Å². The lowest BCUT2D eigenvalue weighted by atomic mass is 10.0. The third-order valence-electron chi connectivity index (χ3n) is 4.75. The number of amides is 1. The first kappa shape index (κ1) is 18.7. The average molecular weight is 385 g/mol. The zero-order valence-corrected chi connectivity index (χ0v) is 16.5. The summed E-state index contributed by atoms with van der Waals surface area (Å²) < 4.78 is 5.57. The van der Waals surface area contributed by atoms with Crippen molar-refractivity contribution in [2.24, 2.45) is 0 Å². The number of ether oxygens (including phenoxy) is 1. The normalized spacial score (nSPS) is 11.0. The Kier molecular flexibility index (Phi) is 5.29. The summed E-state index contributed by atoms with van der Waals surface area (Å²) in [6.45, 7) is 4.25. The number of hydrogen-bond acceptors (Lipinski definition) is 3. The van der Waals surface area contributed by atoms with Crippen LogP contribution in [-0.2, 0) is 4.79 Å². The smallest absolute Gasteiger partial charge is 0.262 e. The van der Waals surface area contributed by atoms with Crippen LogP contribution in [0.1, 0.15) is 25.3 Å². The van der Waals surface area contributed by atoms with Crippen molar-refractivity contribution in [3.8, 4) is 17.1 Å². The zero-order chi connectivity index (χ0) is 20.2. The number of H-pyrrole nitrogens is 1. The fraction of sp³-hybridized carbons (Fsp3) is 0.167. The molecule has 146 valence electrons. The van der Waals surface area contributed by atoms with Gasteiger partial charge >= 0.3 is 0 Å². The van der Waals surface area contributed by atoms with E-state index in [1.165, 1.54) is 5.56 Å². The van der Waals surface area contributed by atoms with E-state index in [0.29, 0.717) is 17.4 Å². The van der Waals surface area contributed by atoms with Gasteiger partial charge in [-0.3, -0.25) is 4.79 Å². The number of fused-ring (bicyclic) bond motifs is 1. The topological polar surface area (TPSA) is 67.0 Å². The number of imidazole rings is 1. The molecule has 0 aliphatic rings. The number of para-hydroxylation sites is 2. The first-order valence-electron chi connectivity index (χ1n) is 9.66. The number of hydrogen-bond donors (Lipinski definition) is 2. The van der Waals surface area contributed by atoms with Crippen LogP contribution in [0.15, 0.2) is 72.8 Å². The molecule has 0 saturated heterocycles. The van der Waals surface area contributed by atoms with Crippen LogP contribution in [-0.4, -0.2) is 22.5 Å². The summed E-state index contributed by atoms with van der Waals surface area (Å²) in [5, 5.41) is 2.85. The van der Waals surface area contributed by atoms with E-state index in [-0.39, 0.29) is 12.5 Å². The minimum Gasteiger partial charge on any atom is -0.484 e. The molecule has 0 bridgehead atoms. The number of anilines is 1. The number of carbonyl (C=O) groups excluding carboxylic acids is 1. The Bertz CT molecular complexity index is 1080. The number of nitrogens with zero attached hydrogens (tertiary/aromatic N) is 1. The summed E-state index contributed by atoms with van der Waals surface area (Å²) in [4.78, 5) is 20.1. The van der Waals surface area contributed by atoms with E-state index in [0.717, 1.165) is 22.4 Å². The van der Waals surface area contributed by atoms with Crippen LogP contribution in [0.25, 0.3) is 22.4 Å². The van der Waals surface area contributed by atoms with Crippen molar-refractivity contribution in [2.45, 2.75) is 19.8 Å². The first-order chi connectivity index (χ1) is 14.1. The van der Waals surface area contributed by atoms with Crippen LogP contribution in [0.5, 0.6) is 5.75 Å². The molecule has 0 fully saturated rings. The lowest BCUT2D eigenvalue weighted by molar-refractivity contribution is -0.118. The molecule has 1 amide bonds. The summed E-state index contributed by atoms with van der Waals surface area (Å²) in [7, 11) is 0. The summed E-state index contributed by atoms with van der Waals surface area (Å²) >= 11 is 0.